The summed E-state index contributed by atoms with van der Waals surface area (Å²) in [6, 6.07) is 5.45. The minimum atomic E-state index is -4.53. The molecule has 0 unspecified atom stereocenters. The van der Waals surface area contributed by atoms with Crippen LogP contribution in [-0.4, -0.2) is 4.98 Å². The van der Waals surface area contributed by atoms with E-state index in [-0.39, 0.29) is 16.1 Å². The molecule has 0 bridgehead atoms. The first-order valence-electron chi connectivity index (χ1n) is 4.31. The summed E-state index contributed by atoms with van der Waals surface area (Å²) in [6.45, 7) is 5.55. The number of benzene rings is 1. The highest BCUT2D eigenvalue weighted by Gasteiger charge is 2.33. The maximum absolute atomic E-state index is 12.5. The Morgan fingerprint density at radius 2 is 1.94 bits per heavy atom. The Labute approximate surface area is 94.9 Å². The highest BCUT2D eigenvalue weighted by atomic mass is 35.5. The number of fused-ring (bicyclic) bond motifs is 1. The lowest BCUT2D eigenvalue weighted by molar-refractivity contribution is -0.140. The Hall–Kier alpha value is -1.29. The van der Waals surface area contributed by atoms with Crippen LogP contribution >= 0.6 is 11.6 Å². The van der Waals surface area contributed by atoms with Crippen LogP contribution in [0.25, 0.3) is 10.9 Å². The molecule has 0 aliphatic carbocycles. The van der Waals surface area contributed by atoms with Gasteiger partial charge in [0.15, 0.2) is 0 Å². The second-order valence-electron chi connectivity index (χ2n) is 3.23. The maximum atomic E-state index is 12.5. The van der Waals surface area contributed by atoms with Crippen molar-refractivity contribution < 1.29 is 13.2 Å². The Morgan fingerprint density at radius 1 is 1.25 bits per heavy atom. The van der Waals surface area contributed by atoms with E-state index in [1.165, 1.54) is 6.07 Å². The van der Waals surface area contributed by atoms with Gasteiger partial charge in [0, 0.05) is 12.3 Å². The Kier molecular flexibility index (Phi) is 2.54. The van der Waals surface area contributed by atoms with Gasteiger partial charge in [0.2, 0.25) is 0 Å². The zero-order chi connectivity index (χ0) is 11.9. The molecule has 16 heavy (non-hydrogen) atoms. The number of rotatable bonds is 0. The van der Waals surface area contributed by atoms with E-state index < -0.39 is 11.9 Å². The van der Waals surface area contributed by atoms with Gasteiger partial charge in [0.05, 0.1) is 10.5 Å². The van der Waals surface area contributed by atoms with Crippen molar-refractivity contribution in [1.29, 1.82) is 0 Å². The number of aromatic nitrogens is 1. The molecule has 0 saturated carbocycles. The van der Waals surface area contributed by atoms with Gasteiger partial charge in [-0.15, -0.1) is 0 Å². The van der Waals surface area contributed by atoms with Crippen LogP contribution in [0.3, 0.4) is 0 Å². The fourth-order valence-corrected chi connectivity index (χ4v) is 1.63. The van der Waals surface area contributed by atoms with Gasteiger partial charge < -0.3 is 0 Å². The summed E-state index contributed by atoms with van der Waals surface area (Å²) in [5.74, 6) is 0. The first-order valence-corrected chi connectivity index (χ1v) is 4.69. The molecule has 0 N–H and O–H groups in total. The van der Waals surface area contributed by atoms with Crippen molar-refractivity contribution in [3.63, 3.8) is 0 Å². The van der Waals surface area contributed by atoms with E-state index in [2.05, 4.69) is 4.98 Å². The molecule has 0 atom stereocenters. The molecule has 2 aromatic rings. The molecule has 82 valence electrons. The number of para-hydroxylation sites is 1. The fraction of sp³-hybridized carbons (Fsp3) is 0.0909. The van der Waals surface area contributed by atoms with Crippen molar-refractivity contribution in [2.24, 2.45) is 0 Å². The van der Waals surface area contributed by atoms with Crippen molar-refractivity contribution in [1.82, 2.24) is 4.98 Å². The maximum Gasteiger partial charge on any atom is 0.433 e. The largest absolute Gasteiger partial charge is 0.433 e. The lowest BCUT2D eigenvalue weighted by Crippen LogP contribution is -2.08. The topological polar surface area (TPSA) is 12.9 Å². The molecule has 0 spiro atoms. The van der Waals surface area contributed by atoms with Gasteiger partial charge in [-0.3, -0.25) is 0 Å². The van der Waals surface area contributed by atoms with Crippen molar-refractivity contribution >= 4 is 22.5 Å². The standard InChI is InChI=1S/C11H5ClF3N/c1-6-3-2-4-7-8(12)5-9(11(13,14)15)16-10(6)7/h1-5H. The molecule has 2 radical (unpaired) electrons. The minimum Gasteiger partial charge on any atom is -0.243 e. The van der Waals surface area contributed by atoms with Gasteiger partial charge in [-0.1, -0.05) is 29.8 Å². The summed E-state index contributed by atoms with van der Waals surface area (Å²) in [7, 11) is 0. The lowest BCUT2D eigenvalue weighted by Gasteiger charge is -2.09. The minimum absolute atomic E-state index is 0.00961. The van der Waals surface area contributed by atoms with E-state index in [9.17, 15) is 13.2 Å². The molecular formula is C11H5ClF3N. The van der Waals surface area contributed by atoms with Gasteiger partial charge >= 0.3 is 6.18 Å². The van der Waals surface area contributed by atoms with Crippen LogP contribution in [-0.2, 0) is 6.18 Å². The van der Waals surface area contributed by atoms with E-state index in [4.69, 9.17) is 18.5 Å². The highest BCUT2D eigenvalue weighted by Crippen LogP contribution is 2.33. The summed E-state index contributed by atoms with van der Waals surface area (Å²) < 4.78 is 37.4. The number of hydrogen-bond acceptors (Lipinski definition) is 1. The molecule has 0 saturated heterocycles. The molecule has 1 nitrogen and oxygen atoms in total. The van der Waals surface area contributed by atoms with Crippen LogP contribution in [0.15, 0.2) is 24.3 Å². The third-order valence-corrected chi connectivity index (χ3v) is 2.42. The zero-order valence-corrected chi connectivity index (χ0v) is 8.60. The quantitative estimate of drug-likeness (QED) is 0.682. The van der Waals surface area contributed by atoms with Crippen molar-refractivity contribution in [2.45, 2.75) is 6.18 Å². The van der Waals surface area contributed by atoms with Crippen LogP contribution in [0, 0.1) is 6.92 Å². The molecule has 1 aromatic heterocycles. The molecule has 2 rings (SSSR count). The molecule has 0 fully saturated rings. The van der Waals surface area contributed by atoms with E-state index in [1.54, 1.807) is 12.1 Å². The predicted octanol–water partition coefficient (Wildman–Crippen LogP) is 3.97. The third kappa shape index (κ3) is 1.85. The second kappa shape index (κ2) is 3.63. The average Bonchev–Trinajstić information content (AvgIpc) is 2.18. The summed E-state index contributed by atoms with van der Waals surface area (Å²) in [5, 5.41) is 0.402. The highest BCUT2D eigenvalue weighted by molar-refractivity contribution is 6.35. The summed E-state index contributed by atoms with van der Waals surface area (Å²) in [6.07, 6.45) is -4.53. The molecule has 0 amide bonds. The predicted molar refractivity (Wildman–Crippen MR) is 55.2 cm³/mol. The molecule has 0 aliphatic heterocycles. The SMILES string of the molecule is [CH]c1cccc2c(Cl)cc(C(F)(F)F)nc12. The Morgan fingerprint density at radius 3 is 2.56 bits per heavy atom. The van der Waals surface area contributed by atoms with Crippen molar-refractivity contribution in [3.05, 3.63) is 47.5 Å². The number of halogens is 4. The summed E-state index contributed by atoms with van der Waals surface area (Å²) >= 11 is 5.74. The Balaban J connectivity index is 2.81. The fourth-order valence-electron chi connectivity index (χ4n) is 1.37. The number of hydrogen-bond donors (Lipinski definition) is 0. The Bertz CT molecular complexity index is 549. The summed E-state index contributed by atoms with van der Waals surface area (Å²) in [5.41, 5.74) is -0.796. The molecule has 5 heteroatoms. The van der Waals surface area contributed by atoms with Gasteiger partial charge in [0.1, 0.15) is 5.69 Å². The first-order chi connectivity index (χ1) is 7.39. The average molecular weight is 244 g/mol. The van der Waals surface area contributed by atoms with Crippen molar-refractivity contribution in [3.8, 4) is 0 Å². The number of alkyl halides is 3. The summed E-state index contributed by atoms with van der Waals surface area (Å²) in [4.78, 5) is 3.47. The van der Waals surface area contributed by atoms with Gasteiger partial charge in [-0.2, -0.15) is 13.2 Å². The van der Waals surface area contributed by atoms with Gasteiger partial charge in [0.25, 0.3) is 0 Å². The first kappa shape index (κ1) is 11.2. The van der Waals surface area contributed by atoms with Crippen LogP contribution in [0.4, 0.5) is 13.2 Å². The third-order valence-electron chi connectivity index (χ3n) is 2.11. The van der Waals surface area contributed by atoms with E-state index in [1.807, 2.05) is 0 Å². The van der Waals surface area contributed by atoms with Crippen LogP contribution in [0.1, 0.15) is 11.3 Å². The monoisotopic (exact) mass is 243 g/mol. The second-order valence-corrected chi connectivity index (χ2v) is 3.64. The molecule has 1 heterocycles. The molecular weight excluding hydrogens is 239 g/mol. The lowest BCUT2D eigenvalue weighted by atomic mass is 10.1. The van der Waals surface area contributed by atoms with Gasteiger partial charge in [-0.05, 0) is 11.6 Å². The van der Waals surface area contributed by atoms with E-state index in [0.717, 1.165) is 6.07 Å². The normalized spacial score (nSPS) is 12.1. The van der Waals surface area contributed by atoms with E-state index in [0.29, 0.717) is 5.39 Å². The van der Waals surface area contributed by atoms with Crippen molar-refractivity contribution in [2.75, 3.05) is 0 Å². The van der Waals surface area contributed by atoms with Gasteiger partial charge in [-0.25, -0.2) is 4.98 Å². The number of pyridine rings is 1. The van der Waals surface area contributed by atoms with Crippen LogP contribution in [0.5, 0.6) is 0 Å². The zero-order valence-electron chi connectivity index (χ0n) is 7.85. The molecule has 0 aliphatic rings. The molecule has 1 aromatic carbocycles. The smallest absolute Gasteiger partial charge is 0.243 e. The van der Waals surface area contributed by atoms with Crippen LogP contribution in [0.2, 0.25) is 5.02 Å². The van der Waals surface area contributed by atoms with Crippen LogP contribution < -0.4 is 0 Å². The number of nitrogens with zero attached hydrogens (tertiary/aromatic N) is 1. The van der Waals surface area contributed by atoms with E-state index >= 15 is 0 Å².